The van der Waals surface area contributed by atoms with Gasteiger partial charge in [-0.1, -0.05) is 77.8 Å². The highest BCUT2D eigenvalue weighted by atomic mass is 35.5. The zero-order valence-electron chi connectivity index (χ0n) is 21.5. The first-order chi connectivity index (χ1) is 19.3. The molecule has 0 saturated carbocycles. The van der Waals surface area contributed by atoms with Crippen molar-refractivity contribution in [2.75, 3.05) is 4.90 Å². The van der Waals surface area contributed by atoms with Gasteiger partial charge in [0.1, 0.15) is 17.3 Å². The average Bonchev–Trinajstić information content (AvgIpc) is 3.39. The number of halogens is 2. The van der Waals surface area contributed by atoms with E-state index in [9.17, 15) is 14.4 Å². The van der Waals surface area contributed by atoms with Crippen LogP contribution in [0.2, 0.25) is 5.02 Å². The Hall–Kier alpha value is -4.35. The van der Waals surface area contributed by atoms with E-state index in [4.69, 9.17) is 11.6 Å². The van der Waals surface area contributed by atoms with Crippen molar-refractivity contribution in [2.24, 2.45) is 5.41 Å². The molecule has 7 rings (SSSR count). The molecule has 3 atom stereocenters. The summed E-state index contributed by atoms with van der Waals surface area (Å²) in [7, 11) is 0. The van der Waals surface area contributed by atoms with Gasteiger partial charge < -0.3 is 4.90 Å². The van der Waals surface area contributed by atoms with Gasteiger partial charge >= 0.3 is 0 Å². The fourth-order valence-corrected chi connectivity index (χ4v) is 7.08. The van der Waals surface area contributed by atoms with Crippen LogP contribution in [0.5, 0.6) is 0 Å². The van der Waals surface area contributed by atoms with Crippen molar-refractivity contribution in [2.45, 2.75) is 24.9 Å². The van der Waals surface area contributed by atoms with Crippen LogP contribution in [0.15, 0.2) is 97.1 Å². The summed E-state index contributed by atoms with van der Waals surface area (Å²) in [5.74, 6) is -2.74. The summed E-state index contributed by atoms with van der Waals surface area (Å²) in [6.07, 6.45) is 3.74. The second-order valence-electron chi connectivity index (χ2n) is 10.7. The molecule has 1 unspecified atom stereocenters. The number of carbonyl (C=O) groups is 3. The summed E-state index contributed by atoms with van der Waals surface area (Å²) in [6, 6.07) is 23.4. The number of hydrogen-bond acceptors (Lipinski definition) is 4. The summed E-state index contributed by atoms with van der Waals surface area (Å²) in [4.78, 5) is 45.6. The standard InChI is InChI=1S/C34H23ClFNO3/c1-19-10-16-27-21(18-19)13-17-28-34(32(39)23-6-2-3-7-24(23)33(34)40)29(25-8-4-5-9-26(25)36)30(37(27)28)31(38)20-11-14-22(35)15-12-20/h2-18,28-30H,1H3/t28?,29-,30+/m0/s1. The van der Waals surface area contributed by atoms with Crippen molar-refractivity contribution in [1.82, 2.24) is 0 Å². The lowest BCUT2D eigenvalue weighted by Crippen LogP contribution is -2.48. The van der Waals surface area contributed by atoms with Gasteiger partial charge in [0.2, 0.25) is 0 Å². The molecule has 0 bridgehead atoms. The van der Waals surface area contributed by atoms with Crippen LogP contribution in [0, 0.1) is 18.2 Å². The summed E-state index contributed by atoms with van der Waals surface area (Å²) in [6.45, 7) is 1.98. The first kappa shape index (κ1) is 24.7. The van der Waals surface area contributed by atoms with Gasteiger partial charge in [-0.25, -0.2) is 4.39 Å². The summed E-state index contributed by atoms with van der Waals surface area (Å²) in [5, 5.41) is 0.473. The van der Waals surface area contributed by atoms with Gasteiger partial charge in [-0.3, -0.25) is 14.4 Å². The Balaban J connectivity index is 1.56. The molecule has 0 radical (unpaired) electrons. The Morgan fingerprint density at radius 3 is 2.20 bits per heavy atom. The lowest BCUT2D eigenvalue weighted by molar-refractivity contribution is 0.0664. The Morgan fingerprint density at radius 2 is 1.52 bits per heavy atom. The number of nitrogens with zero attached hydrogens (tertiary/aromatic N) is 1. The van der Waals surface area contributed by atoms with Crippen LogP contribution in [-0.2, 0) is 0 Å². The third-order valence-electron chi connectivity index (χ3n) is 8.60. The number of aryl methyl sites for hydroxylation is 1. The second kappa shape index (κ2) is 8.83. The fourth-order valence-electron chi connectivity index (χ4n) is 6.95. The van der Waals surface area contributed by atoms with Crippen LogP contribution >= 0.6 is 11.6 Å². The predicted molar refractivity (Wildman–Crippen MR) is 153 cm³/mol. The van der Waals surface area contributed by atoms with Gasteiger partial charge in [-0.05, 0) is 60.5 Å². The number of carbonyl (C=O) groups excluding carboxylic acids is 3. The summed E-state index contributed by atoms with van der Waals surface area (Å²) >= 11 is 6.13. The molecule has 2 aliphatic heterocycles. The third kappa shape index (κ3) is 3.21. The third-order valence-corrected chi connectivity index (χ3v) is 8.85. The SMILES string of the molecule is Cc1ccc2c(c1)C=CC1N2[C@@H](C(=O)c2ccc(Cl)cc2)[C@H](c2ccccc2F)C12C(=O)c1ccccc1C2=O. The van der Waals surface area contributed by atoms with Crippen LogP contribution < -0.4 is 4.90 Å². The van der Waals surface area contributed by atoms with E-state index in [1.54, 1.807) is 66.7 Å². The summed E-state index contributed by atoms with van der Waals surface area (Å²) in [5.41, 5.74) is 2.02. The van der Waals surface area contributed by atoms with Gasteiger partial charge in [-0.15, -0.1) is 0 Å². The molecule has 3 aliphatic rings. The molecule has 40 heavy (non-hydrogen) atoms. The molecule has 1 fully saturated rings. The molecular weight excluding hydrogens is 525 g/mol. The van der Waals surface area contributed by atoms with Crippen LogP contribution in [0.1, 0.15) is 53.7 Å². The zero-order chi connectivity index (χ0) is 27.8. The molecular formula is C34H23ClFNO3. The first-order valence-corrected chi connectivity index (χ1v) is 13.5. The van der Waals surface area contributed by atoms with E-state index in [0.29, 0.717) is 21.7 Å². The van der Waals surface area contributed by atoms with Crippen LogP contribution in [0.4, 0.5) is 10.1 Å². The molecule has 0 aromatic heterocycles. The Labute approximate surface area is 235 Å². The van der Waals surface area contributed by atoms with Gasteiger partial charge in [0.25, 0.3) is 0 Å². The quantitative estimate of drug-likeness (QED) is 0.203. The topological polar surface area (TPSA) is 54.5 Å². The predicted octanol–water partition coefficient (Wildman–Crippen LogP) is 7.10. The normalized spacial score (nSPS) is 21.9. The minimum atomic E-state index is -1.74. The molecule has 0 N–H and O–H groups in total. The number of fused-ring (bicyclic) bond motifs is 5. The molecule has 2 heterocycles. The minimum Gasteiger partial charge on any atom is -0.352 e. The largest absolute Gasteiger partial charge is 0.352 e. The highest BCUT2D eigenvalue weighted by Gasteiger charge is 2.71. The van der Waals surface area contributed by atoms with Crippen LogP contribution in [0.25, 0.3) is 6.08 Å². The van der Waals surface area contributed by atoms with Crippen molar-refractivity contribution in [1.29, 1.82) is 0 Å². The maximum atomic E-state index is 15.8. The van der Waals surface area contributed by atoms with Crippen molar-refractivity contribution < 1.29 is 18.8 Å². The maximum absolute atomic E-state index is 15.8. The molecule has 1 spiro atoms. The number of Topliss-reactive ketones (excluding diaryl/α,β-unsaturated/α-hetero) is 3. The van der Waals surface area contributed by atoms with E-state index in [1.165, 1.54) is 6.07 Å². The number of benzene rings is 4. The highest BCUT2D eigenvalue weighted by Crippen LogP contribution is 2.61. The number of ketones is 3. The molecule has 4 nitrogen and oxygen atoms in total. The van der Waals surface area contributed by atoms with E-state index >= 15 is 4.39 Å². The lowest BCUT2D eigenvalue weighted by atomic mass is 9.64. The minimum absolute atomic E-state index is 0.167. The molecule has 196 valence electrons. The van der Waals surface area contributed by atoms with Crippen molar-refractivity contribution in [3.8, 4) is 0 Å². The van der Waals surface area contributed by atoms with E-state index in [2.05, 4.69) is 0 Å². The Kier molecular flexibility index (Phi) is 5.45. The maximum Gasteiger partial charge on any atom is 0.185 e. The number of hydrogen-bond donors (Lipinski definition) is 0. The van der Waals surface area contributed by atoms with Gasteiger partial charge in [0.15, 0.2) is 17.3 Å². The zero-order valence-corrected chi connectivity index (χ0v) is 22.2. The monoisotopic (exact) mass is 547 g/mol. The van der Waals surface area contributed by atoms with Crippen LogP contribution in [-0.4, -0.2) is 29.4 Å². The van der Waals surface area contributed by atoms with Crippen molar-refractivity contribution in [3.63, 3.8) is 0 Å². The molecule has 1 aliphatic carbocycles. The second-order valence-corrected chi connectivity index (χ2v) is 11.1. The Bertz CT molecular complexity index is 1740. The fraction of sp³-hybridized carbons (Fsp3) is 0.147. The summed E-state index contributed by atoms with van der Waals surface area (Å²) < 4.78 is 15.8. The van der Waals surface area contributed by atoms with Crippen LogP contribution in [0.3, 0.4) is 0 Å². The van der Waals surface area contributed by atoms with Gasteiger partial charge in [-0.2, -0.15) is 0 Å². The van der Waals surface area contributed by atoms with Crippen molar-refractivity contribution in [3.05, 3.63) is 141 Å². The number of rotatable bonds is 3. The Morgan fingerprint density at radius 1 is 0.875 bits per heavy atom. The van der Waals surface area contributed by atoms with E-state index < -0.39 is 29.2 Å². The molecule has 0 amide bonds. The van der Waals surface area contributed by atoms with Crippen molar-refractivity contribution >= 4 is 40.7 Å². The first-order valence-electron chi connectivity index (χ1n) is 13.1. The molecule has 4 aromatic carbocycles. The molecule has 1 saturated heterocycles. The van der Waals surface area contributed by atoms with E-state index in [1.807, 2.05) is 42.2 Å². The smallest absolute Gasteiger partial charge is 0.185 e. The van der Waals surface area contributed by atoms with Gasteiger partial charge in [0, 0.05) is 33.3 Å². The lowest BCUT2D eigenvalue weighted by Gasteiger charge is -2.37. The highest BCUT2D eigenvalue weighted by molar-refractivity contribution is 6.32. The average molecular weight is 548 g/mol. The van der Waals surface area contributed by atoms with E-state index in [-0.39, 0.29) is 22.9 Å². The molecule has 6 heteroatoms. The number of anilines is 1. The molecule has 4 aromatic rings. The van der Waals surface area contributed by atoms with E-state index in [0.717, 1.165) is 16.8 Å². The van der Waals surface area contributed by atoms with Gasteiger partial charge in [0.05, 0.1) is 6.04 Å².